The summed E-state index contributed by atoms with van der Waals surface area (Å²) in [5.74, 6) is -1.48. The Hall–Kier alpha value is -4.18. The van der Waals surface area contributed by atoms with Crippen LogP contribution in [0.4, 0.5) is 5.69 Å². The molecule has 0 spiro atoms. The van der Waals surface area contributed by atoms with Crippen molar-refractivity contribution in [2.75, 3.05) is 25.5 Å². The number of carbonyl (C=O) groups is 4. The molecule has 4 aromatic rings. The minimum Gasteiger partial charge on any atom is -0.469 e. The van der Waals surface area contributed by atoms with E-state index in [-0.39, 0.29) is 30.1 Å². The van der Waals surface area contributed by atoms with Gasteiger partial charge in [-0.3, -0.25) is 19.2 Å². The van der Waals surface area contributed by atoms with Gasteiger partial charge in [0.2, 0.25) is 11.8 Å². The molecule has 1 aliphatic rings. The second-order valence-electron chi connectivity index (χ2n) is 10.7. The van der Waals surface area contributed by atoms with Gasteiger partial charge in [0.1, 0.15) is 0 Å². The average molecular weight is 665 g/mol. The maximum atomic E-state index is 13.4. The molecule has 0 bridgehead atoms. The number of fused-ring (bicyclic) bond motifs is 1. The molecule has 11 heteroatoms. The minimum atomic E-state index is -0.668. The highest BCUT2D eigenvalue weighted by Gasteiger charge is 2.29. The fourth-order valence-electron chi connectivity index (χ4n) is 5.24. The number of likely N-dealkylation sites (tertiary alicyclic amines) is 1. The lowest BCUT2D eigenvalue weighted by molar-refractivity contribution is -0.141. The van der Waals surface area contributed by atoms with Gasteiger partial charge in [-0.1, -0.05) is 53.5 Å². The summed E-state index contributed by atoms with van der Waals surface area (Å²) in [4.78, 5) is 52.9. The van der Waals surface area contributed by atoms with Crippen LogP contribution in [0.15, 0.2) is 78.2 Å². The third-order valence-electron chi connectivity index (χ3n) is 7.73. The Morgan fingerprint density at radius 3 is 2.49 bits per heavy atom. The number of thiophene rings is 1. The highest BCUT2D eigenvalue weighted by Crippen LogP contribution is 2.37. The van der Waals surface area contributed by atoms with E-state index >= 15 is 0 Å². The molecule has 5 rings (SSSR count). The standard InChI is InChI=1S/C34H31Cl2N3O5S/c1-44-29(41)20-27(23-8-5-9-26(19-23)37-33(42)21-6-3-2-4-7-21)38-34(43)22-12-15-39(16-13-22)28(40)11-10-24-18-25-14-17-45-32(25)31(36)30(24)35/h2-11,14,17-19,22,27H,12-13,15-16,20H2,1H3,(H,37,42)(H,38,43). The number of hydrogen-bond acceptors (Lipinski definition) is 6. The molecule has 0 radical (unpaired) electrons. The van der Waals surface area contributed by atoms with Crippen molar-refractivity contribution in [1.82, 2.24) is 10.2 Å². The molecule has 0 saturated carbocycles. The minimum absolute atomic E-state index is 0.0792. The van der Waals surface area contributed by atoms with Gasteiger partial charge >= 0.3 is 5.97 Å². The predicted molar refractivity (Wildman–Crippen MR) is 179 cm³/mol. The van der Waals surface area contributed by atoms with Crippen molar-refractivity contribution in [3.8, 4) is 0 Å². The highest BCUT2D eigenvalue weighted by molar-refractivity contribution is 7.18. The number of benzene rings is 3. The number of piperidine rings is 1. The van der Waals surface area contributed by atoms with Crippen LogP contribution in [-0.4, -0.2) is 48.8 Å². The van der Waals surface area contributed by atoms with Crippen molar-refractivity contribution < 1.29 is 23.9 Å². The Bertz CT molecular complexity index is 1750. The fraction of sp³-hybridized carbons (Fsp3) is 0.235. The molecule has 2 heterocycles. The topological polar surface area (TPSA) is 105 Å². The van der Waals surface area contributed by atoms with E-state index in [0.29, 0.717) is 58.4 Å². The number of hydrogen-bond donors (Lipinski definition) is 2. The largest absolute Gasteiger partial charge is 0.469 e. The summed E-state index contributed by atoms with van der Waals surface area (Å²) in [6.07, 6.45) is 4.00. The number of ether oxygens (including phenoxy) is 1. The second-order valence-corrected chi connectivity index (χ2v) is 12.3. The maximum absolute atomic E-state index is 13.4. The Morgan fingerprint density at radius 1 is 1.00 bits per heavy atom. The number of methoxy groups -OCH3 is 1. The summed E-state index contributed by atoms with van der Waals surface area (Å²) in [5, 5.41) is 9.63. The Morgan fingerprint density at radius 2 is 1.76 bits per heavy atom. The van der Waals surface area contributed by atoms with E-state index < -0.39 is 12.0 Å². The summed E-state index contributed by atoms with van der Waals surface area (Å²) in [6.45, 7) is 0.809. The van der Waals surface area contributed by atoms with Gasteiger partial charge in [-0.2, -0.15) is 0 Å². The van der Waals surface area contributed by atoms with Gasteiger partial charge in [-0.25, -0.2) is 0 Å². The van der Waals surface area contributed by atoms with E-state index in [1.54, 1.807) is 59.5 Å². The number of halogens is 2. The van der Waals surface area contributed by atoms with Crippen molar-refractivity contribution in [1.29, 1.82) is 0 Å². The van der Waals surface area contributed by atoms with Crippen LogP contribution in [0.5, 0.6) is 0 Å². The zero-order chi connectivity index (χ0) is 31.9. The number of carbonyl (C=O) groups excluding carboxylic acids is 4. The molecule has 232 valence electrons. The highest BCUT2D eigenvalue weighted by atomic mass is 35.5. The third-order valence-corrected chi connectivity index (χ3v) is 9.67. The molecule has 45 heavy (non-hydrogen) atoms. The Kier molecular flexibility index (Phi) is 10.5. The molecule has 3 aromatic carbocycles. The van der Waals surface area contributed by atoms with E-state index in [0.717, 1.165) is 10.1 Å². The summed E-state index contributed by atoms with van der Waals surface area (Å²) in [5.41, 5.74) is 2.35. The molecule has 2 N–H and O–H groups in total. The van der Waals surface area contributed by atoms with Crippen LogP contribution in [0.3, 0.4) is 0 Å². The van der Waals surface area contributed by atoms with Crippen LogP contribution in [0.25, 0.3) is 16.2 Å². The van der Waals surface area contributed by atoms with Crippen molar-refractivity contribution in [2.45, 2.75) is 25.3 Å². The van der Waals surface area contributed by atoms with Crippen molar-refractivity contribution in [2.24, 2.45) is 5.92 Å². The average Bonchev–Trinajstić information content (AvgIpc) is 3.54. The molecular formula is C34H31Cl2N3O5S. The molecule has 1 unspecified atom stereocenters. The lowest BCUT2D eigenvalue weighted by Gasteiger charge is -2.31. The van der Waals surface area contributed by atoms with Crippen LogP contribution in [0.2, 0.25) is 10.0 Å². The van der Waals surface area contributed by atoms with Gasteiger partial charge in [0, 0.05) is 36.3 Å². The predicted octanol–water partition coefficient (Wildman–Crippen LogP) is 7.13. The quantitative estimate of drug-likeness (QED) is 0.146. The number of rotatable bonds is 9. The lowest BCUT2D eigenvalue weighted by Crippen LogP contribution is -2.43. The van der Waals surface area contributed by atoms with Crippen molar-refractivity contribution in [3.05, 3.63) is 105 Å². The Labute approximate surface area is 275 Å². The Balaban J connectivity index is 1.20. The van der Waals surface area contributed by atoms with Crippen LogP contribution in [0, 0.1) is 5.92 Å². The van der Waals surface area contributed by atoms with Crippen LogP contribution in [0.1, 0.15) is 46.8 Å². The molecule has 8 nitrogen and oxygen atoms in total. The molecule has 1 saturated heterocycles. The zero-order valence-corrected chi connectivity index (χ0v) is 26.8. The summed E-state index contributed by atoms with van der Waals surface area (Å²) < 4.78 is 5.79. The number of amides is 3. The van der Waals surface area contributed by atoms with Crippen LogP contribution >= 0.6 is 34.5 Å². The van der Waals surface area contributed by atoms with Crippen LogP contribution < -0.4 is 10.6 Å². The van der Waals surface area contributed by atoms with Crippen LogP contribution in [-0.2, 0) is 19.1 Å². The first-order valence-electron chi connectivity index (χ1n) is 14.4. The first-order valence-corrected chi connectivity index (χ1v) is 16.0. The van der Waals surface area contributed by atoms with Gasteiger partial charge in [0.15, 0.2) is 0 Å². The van der Waals surface area contributed by atoms with E-state index in [1.807, 2.05) is 23.6 Å². The summed E-state index contributed by atoms with van der Waals surface area (Å²) in [7, 11) is 1.29. The molecule has 1 atom stereocenters. The number of nitrogens with one attached hydrogen (secondary N) is 2. The van der Waals surface area contributed by atoms with E-state index in [4.69, 9.17) is 27.9 Å². The van der Waals surface area contributed by atoms with Gasteiger partial charge in [0.05, 0.1) is 34.3 Å². The molecule has 0 aliphatic carbocycles. The van der Waals surface area contributed by atoms with E-state index in [2.05, 4.69) is 10.6 Å². The lowest BCUT2D eigenvalue weighted by atomic mass is 9.94. The van der Waals surface area contributed by atoms with E-state index in [9.17, 15) is 19.2 Å². The first-order chi connectivity index (χ1) is 21.7. The van der Waals surface area contributed by atoms with Crippen molar-refractivity contribution in [3.63, 3.8) is 0 Å². The number of nitrogens with zero attached hydrogens (tertiary/aromatic N) is 1. The SMILES string of the molecule is COC(=O)CC(NC(=O)C1CCN(C(=O)C=Cc2cc3ccsc3c(Cl)c2Cl)CC1)c1cccc(NC(=O)c2ccccc2)c1. The van der Waals surface area contributed by atoms with E-state index in [1.165, 1.54) is 24.5 Å². The fourth-order valence-corrected chi connectivity index (χ4v) is 6.68. The number of anilines is 1. The smallest absolute Gasteiger partial charge is 0.307 e. The molecule has 1 fully saturated rings. The van der Waals surface area contributed by atoms with Gasteiger partial charge in [0.25, 0.3) is 5.91 Å². The second kappa shape index (κ2) is 14.7. The van der Waals surface area contributed by atoms with Gasteiger partial charge < -0.3 is 20.3 Å². The van der Waals surface area contributed by atoms with Gasteiger partial charge in [-0.15, -0.1) is 11.3 Å². The third kappa shape index (κ3) is 7.92. The maximum Gasteiger partial charge on any atom is 0.307 e. The monoisotopic (exact) mass is 663 g/mol. The molecule has 3 amide bonds. The summed E-state index contributed by atoms with van der Waals surface area (Å²) in [6, 6.07) is 19.0. The summed E-state index contributed by atoms with van der Waals surface area (Å²) >= 11 is 14.4. The first kappa shape index (κ1) is 32.2. The molecular weight excluding hydrogens is 633 g/mol. The van der Waals surface area contributed by atoms with Gasteiger partial charge in [-0.05, 0) is 77.2 Å². The van der Waals surface area contributed by atoms with Crippen molar-refractivity contribution >= 4 is 80.1 Å². The number of esters is 1. The normalized spacial score (nSPS) is 14.3. The molecule has 1 aliphatic heterocycles. The molecule has 1 aromatic heterocycles. The zero-order valence-electron chi connectivity index (χ0n) is 24.4.